The zero-order valence-corrected chi connectivity index (χ0v) is 11.4. The molecule has 0 bridgehead atoms. The van der Waals surface area contributed by atoms with Crippen LogP contribution in [0.2, 0.25) is 0 Å². The van der Waals surface area contributed by atoms with Crippen LogP contribution in [-0.4, -0.2) is 11.2 Å². The minimum absolute atomic E-state index is 0.0361. The molecule has 0 aliphatic heterocycles. The fourth-order valence-corrected chi connectivity index (χ4v) is 5.15. The molecule has 98 valence electrons. The van der Waals surface area contributed by atoms with Crippen molar-refractivity contribution in [1.82, 2.24) is 0 Å². The molecule has 0 aromatic rings. The molecular weight excluding hydrogens is 208 g/mol. The molecule has 0 aromatic carbocycles. The quantitative estimate of drug-likeness (QED) is 0.677. The van der Waals surface area contributed by atoms with Crippen molar-refractivity contribution in [1.29, 1.82) is 0 Å². The molecule has 3 fully saturated rings. The average molecular weight is 236 g/mol. The predicted octanol–water partition coefficient (Wildman–Crippen LogP) is 3.86. The third-order valence-corrected chi connectivity index (χ3v) is 6.10. The fourth-order valence-electron chi connectivity index (χ4n) is 5.15. The van der Waals surface area contributed by atoms with Crippen LogP contribution in [0.15, 0.2) is 0 Å². The lowest BCUT2D eigenvalue weighted by Gasteiger charge is -2.51. The van der Waals surface area contributed by atoms with Gasteiger partial charge >= 0.3 is 0 Å². The van der Waals surface area contributed by atoms with Crippen LogP contribution in [-0.2, 0) is 0 Å². The van der Waals surface area contributed by atoms with Gasteiger partial charge in [-0.3, -0.25) is 0 Å². The van der Waals surface area contributed by atoms with Crippen LogP contribution in [0.25, 0.3) is 0 Å². The number of hydrogen-bond acceptors (Lipinski definition) is 1. The highest BCUT2D eigenvalue weighted by atomic mass is 16.3. The van der Waals surface area contributed by atoms with Gasteiger partial charge in [-0.2, -0.15) is 0 Å². The molecule has 3 saturated carbocycles. The highest BCUT2D eigenvalue weighted by Crippen LogP contribution is 2.51. The van der Waals surface area contributed by atoms with E-state index in [2.05, 4.69) is 13.8 Å². The Morgan fingerprint density at radius 3 is 2.24 bits per heavy atom. The molecule has 17 heavy (non-hydrogen) atoms. The van der Waals surface area contributed by atoms with E-state index in [9.17, 15) is 5.11 Å². The van der Waals surface area contributed by atoms with Gasteiger partial charge in [0.1, 0.15) is 0 Å². The third kappa shape index (κ3) is 2.16. The Bertz CT molecular complexity index is 275. The van der Waals surface area contributed by atoms with Gasteiger partial charge in [-0.15, -0.1) is 0 Å². The summed E-state index contributed by atoms with van der Waals surface area (Å²) in [5.74, 6) is 4.76. The molecule has 0 radical (unpaired) electrons. The van der Waals surface area contributed by atoms with E-state index in [-0.39, 0.29) is 6.10 Å². The van der Waals surface area contributed by atoms with Gasteiger partial charge < -0.3 is 5.11 Å². The Morgan fingerprint density at radius 2 is 1.41 bits per heavy atom. The Balaban J connectivity index is 1.74. The number of hydrogen-bond donors (Lipinski definition) is 1. The van der Waals surface area contributed by atoms with Crippen LogP contribution in [0.4, 0.5) is 0 Å². The van der Waals surface area contributed by atoms with E-state index in [0.29, 0.717) is 11.8 Å². The monoisotopic (exact) mass is 236 g/mol. The third-order valence-electron chi connectivity index (χ3n) is 6.10. The number of aliphatic hydroxyl groups is 1. The average Bonchev–Trinajstić information content (AvgIpc) is 2.30. The standard InChI is InChI=1S/C16H28O/c1-10-4-6-14-13(7-10)9-12-5-3-11(2)8-15(12)16(14)17/h10-17H,3-9H2,1-2H3. The van der Waals surface area contributed by atoms with Crippen molar-refractivity contribution in [2.24, 2.45) is 35.5 Å². The van der Waals surface area contributed by atoms with Crippen molar-refractivity contribution in [3.05, 3.63) is 0 Å². The van der Waals surface area contributed by atoms with E-state index in [1.807, 2.05) is 0 Å². The lowest BCUT2D eigenvalue weighted by molar-refractivity contribution is -0.0885. The number of rotatable bonds is 0. The van der Waals surface area contributed by atoms with Crippen molar-refractivity contribution in [3.63, 3.8) is 0 Å². The second kappa shape index (κ2) is 4.57. The van der Waals surface area contributed by atoms with E-state index in [1.165, 1.54) is 44.9 Å². The zero-order valence-electron chi connectivity index (χ0n) is 11.4. The van der Waals surface area contributed by atoms with Crippen LogP contribution < -0.4 is 0 Å². The molecule has 1 heteroatoms. The van der Waals surface area contributed by atoms with Crippen LogP contribution in [0, 0.1) is 35.5 Å². The van der Waals surface area contributed by atoms with E-state index < -0.39 is 0 Å². The number of fused-ring (bicyclic) bond motifs is 2. The smallest absolute Gasteiger partial charge is 0.0601 e. The summed E-state index contributed by atoms with van der Waals surface area (Å²) in [5, 5.41) is 10.7. The Morgan fingerprint density at radius 1 is 0.706 bits per heavy atom. The Labute approximate surface area is 106 Å². The molecule has 3 aliphatic rings. The topological polar surface area (TPSA) is 20.2 Å². The molecule has 1 nitrogen and oxygen atoms in total. The first-order chi connectivity index (χ1) is 8.15. The van der Waals surface area contributed by atoms with Gasteiger partial charge in [0, 0.05) is 0 Å². The summed E-state index contributed by atoms with van der Waals surface area (Å²) in [5.41, 5.74) is 0. The van der Waals surface area contributed by atoms with Gasteiger partial charge in [0.05, 0.1) is 6.10 Å². The highest BCUT2D eigenvalue weighted by Gasteiger charge is 2.46. The molecule has 0 saturated heterocycles. The first kappa shape index (κ1) is 12.0. The van der Waals surface area contributed by atoms with Gasteiger partial charge in [0.2, 0.25) is 0 Å². The van der Waals surface area contributed by atoms with Crippen molar-refractivity contribution < 1.29 is 5.11 Å². The molecule has 0 amide bonds. The summed E-state index contributed by atoms with van der Waals surface area (Å²) in [6.07, 6.45) is 9.60. The van der Waals surface area contributed by atoms with E-state index in [1.54, 1.807) is 0 Å². The van der Waals surface area contributed by atoms with Gasteiger partial charge in [0.15, 0.2) is 0 Å². The van der Waals surface area contributed by atoms with Gasteiger partial charge in [0.25, 0.3) is 0 Å². The minimum Gasteiger partial charge on any atom is -0.393 e. The fraction of sp³-hybridized carbons (Fsp3) is 1.00. The zero-order chi connectivity index (χ0) is 12.0. The van der Waals surface area contributed by atoms with Crippen molar-refractivity contribution >= 4 is 0 Å². The van der Waals surface area contributed by atoms with Crippen LogP contribution in [0.5, 0.6) is 0 Å². The molecule has 1 N–H and O–H groups in total. The van der Waals surface area contributed by atoms with Crippen LogP contribution in [0.3, 0.4) is 0 Å². The maximum Gasteiger partial charge on any atom is 0.0601 e. The van der Waals surface area contributed by atoms with E-state index in [4.69, 9.17) is 0 Å². The first-order valence-electron chi connectivity index (χ1n) is 7.83. The SMILES string of the molecule is CC1CCC2C(C1)CC1CCC(C)CC1C2O. The molecule has 3 rings (SSSR count). The minimum atomic E-state index is 0.0361. The summed E-state index contributed by atoms with van der Waals surface area (Å²) in [6.45, 7) is 4.77. The molecule has 3 aliphatic carbocycles. The first-order valence-corrected chi connectivity index (χ1v) is 7.83. The molecular formula is C16H28O. The Hall–Kier alpha value is -0.0400. The van der Waals surface area contributed by atoms with Crippen LogP contribution in [0.1, 0.15) is 58.8 Å². The van der Waals surface area contributed by atoms with Crippen molar-refractivity contribution in [2.75, 3.05) is 0 Å². The molecule has 0 heterocycles. The van der Waals surface area contributed by atoms with Crippen molar-refractivity contribution in [3.8, 4) is 0 Å². The largest absolute Gasteiger partial charge is 0.393 e. The summed E-state index contributed by atoms with van der Waals surface area (Å²) >= 11 is 0. The summed E-state index contributed by atoms with van der Waals surface area (Å²) < 4.78 is 0. The second-order valence-corrected chi connectivity index (χ2v) is 7.41. The normalized spacial score (nSPS) is 54.9. The predicted molar refractivity (Wildman–Crippen MR) is 70.6 cm³/mol. The Kier molecular flexibility index (Phi) is 3.23. The molecule has 0 aromatic heterocycles. The maximum atomic E-state index is 10.7. The maximum absolute atomic E-state index is 10.7. The van der Waals surface area contributed by atoms with Gasteiger partial charge in [-0.1, -0.05) is 26.7 Å². The lowest BCUT2D eigenvalue weighted by Crippen LogP contribution is -2.48. The summed E-state index contributed by atoms with van der Waals surface area (Å²) in [6, 6.07) is 0. The molecule has 7 atom stereocenters. The van der Waals surface area contributed by atoms with Crippen LogP contribution >= 0.6 is 0 Å². The summed E-state index contributed by atoms with van der Waals surface area (Å²) in [4.78, 5) is 0. The van der Waals surface area contributed by atoms with E-state index in [0.717, 1.165) is 23.7 Å². The van der Waals surface area contributed by atoms with Crippen molar-refractivity contribution in [2.45, 2.75) is 64.9 Å². The van der Waals surface area contributed by atoms with Gasteiger partial charge in [-0.05, 0) is 67.6 Å². The van der Waals surface area contributed by atoms with Gasteiger partial charge in [-0.25, -0.2) is 0 Å². The lowest BCUT2D eigenvalue weighted by atomic mass is 9.56. The number of aliphatic hydroxyl groups excluding tert-OH is 1. The second-order valence-electron chi connectivity index (χ2n) is 7.41. The highest BCUT2D eigenvalue weighted by molar-refractivity contribution is 4.96. The molecule has 7 unspecified atom stereocenters. The van der Waals surface area contributed by atoms with E-state index >= 15 is 0 Å². The molecule has 0 spiro atoms. The summed E-state index contributed by atoms with van der Waals surface area (Å²) in [7, 11) is 0.